The lowest BCUT2D eigenvalue weighted by molar-refractivity contribution is 0.199. The Morgan fingerprint density at radius 2 is 2.12 bits per heavy atom. The molecule has 0 amide bonds. The van der Waals surface area contributed by atoms with E-state index in [2.05, 4.69) is 41.2 Å². The Morgan fingerprint density at radius 3 is 2.71 bits per heavy atom. The smallest absolute Gasteiger partial charge is 0.126 e. The number of nitrogens with one attached hydrogen (secondary N) is 1. The van der Waals surface area contributed by atoms with Crippen LogP contribution in [-0.2, 0) is 6.54 Å². The van der Waals surface area contributed by atoms with Gasteiger partial charge in [0.1, 0.15) is 12.4 Å². The van der Waals surface area contributed by atoms with Crippen LogP contribution >= 0.6 is 15.9 Å². The first-order valence-corrected chi connectivity index (χ1v) is 6.60. The molecule has 0 saturated heterocycles. The van der Waals surface area contributed by atoms with Crippen LogP contribution in [0.4, 0.5) is 0 Å². The number of ether oxygens (including phenoxy) is 1. The number of halogens is 1. The summed E-state index contributed by atoms with van der Waals surface area (Å²) in [7, 11) is 0. The number of aliphatic hydroxyl groups excluding tert-OH is 1. The molecule has 0 radical (unpaired) electrons. The number of hydrogen-bond donors (Lipinski definition) is 2. The Hall–Kier alpha value is -0.580. The van der Waals surface area contributed by atoms with Crippen molar-refractivity contribution < 1.29 is 9.84 Å². The van der Waals surface area contributed by atoms with Crippen LogP contribution in [0.5, 0.6) is 5.75 Å². The lowest BCUT2D eigenvalue weighted by Crippen LogP contribution is -2.22. The summed E-state index contributed by atoms with van der Waals surface area (Å²) in [5.41, 5.74) is 2.19. The van der Waals surface area contributed by atoms with Crippen molar-refractivity contribution in [1.82, 2.24) is 5.32 Å². The predicted molar refractivity (Wildman–Crippen MR) is 73.4 cm³/mol. The number of hydrogen-bond acceptors (Lipinski definition) is 3. The summed E-state index contributed by atoms with van der Waals surface area (Å²) in [4.78, 5) is 0. The Balaban J connectivity index is 2.89. The van der Waals surface area contributed by atoms with Gasteiger partial charge in [-0.3, -0.25) is 0 Å². The molecular formula is C13H20BrNO2. The summed E-state index contributed by atoms with van der Waals surface area (Å²) < 4.78 is 6.64. The van der Waals surface area contributed by atoms with E-state index in [1.807, 2.05) is 13.0 Å². The molecule has 0 heterocycles. The second-order valence-corrected chi connectivity index (χ2v) is 5.23. The fourth-order valence-corrected chi connectivity index (χ4v) is 2.22. The van der Waals surface area contributed by atoms with E-state index in [1.165, 1.54) is 0 Å². The van der Waals surface area contributed by atoms with Crippen LogP contribution in [0.15, 0.2) is 16.6 Å². The van der Waals surface area contributed by atoms with Gasteiger partial charge in [0.2, 0.25) is 0 Å². The van der Waals surface area contributed by atoms with Crippen LogP contribution in [0.25, 0.3) is 0 Å². The van der Waals surface area contributed by atoms with Gasteiger partial charge >= 0.3 is 0 Å². The van der Waals surface area contributed by atoms with E-state index in [9.17, 15) is 0 Å². The zero-order valence-corrected chi connectivity index (χ0v) is 12.2. The molecular weight excluding hydrogens is 282 g/mol. The minimum absolute atomic E-state index is 0.0343. The third kappa shape index (κ3) is 4.66. The minimum Gasteiger partial charge on any atom is -0.491 e. The molecule has 4 heteroatoms. The highest BCUT2D eigenvalue weighted by molar-refractivity contribution is 9.10. The second kappa shape index (κ2) is 6.99. The Kier molecular flexibility index (Phi) is 5.95. The van der Waals surface area contributed by atoms with Crippen molar-refractivity contribution >= 4 is 15.9 Å². The monoisotopic (exact) mass is 301 g/mol. The van der Waals surface area contributed by atoms with Crippen molar-refractivity contribution in [3.8, 4) is 5.75 Å². The first-order chi connectivity index (χ1) is 8.04. The Labute approximate surface area is 111 Å². The zero-order valence-electron chi connectivity index (χ0n) is 10.6. The van der Waals surface area contributed by atoms with Crippen LogP contribution in [-0.4, -0.2) is 24.4 Å². The van der Waals surface area contributed by atoms with Gasteiger partial charge in [-0.15, -0.1) is 0 Å². The third-order valence-electron chi connectivity index (χ3n) is 2.35. The normalized spacial score (nSPS) is 10.9. The predicted octanol–water partition coefficient (Wildman–Crippen LogP) is 2.63. The topological polar surface area (TPSA) is 41.5 Å². The van der Waals surface area contributed by atoms with Gasteiger partial charge in [0.25, 0.3) is 0 Å². The Morgan fingerprint density at radius 1 is 1.41 bits per heavy atom. The van der Waals surface area contributed by atoms with Crippen molar-refractivity contribution in [2.24, 2.45) is 0 Å². The van der Waals surface area contributed by atoms with Crippen LogP contribution in [0.3, 0.4) is 0 Å². The number of aryl methyl sites for hydroxylation is 1. The van der Waals surface area contributed by atoms with Gasteiger partial charge in [0.05, 0.1) is 6.61 Å². The van der Waals surface area contributed by atoms with Gasteiger partial charge < -0.3 is 15.2 Å². The molecule has 1 aromatic carbocycles. The molecule has 0 spiro atoms. The first kappa shape index (κ1) is 14.5. The summed E-state index contributed by atoms with van der Waals surface area (Å²) in [6, 6.07) is 4.50. The summed E-state index contributed by atoms with van der Waals surface area (Å²) in [5, 5.41) is 12.2. The highest BCUT2D eigenvalue weighted by Gasteiger charge is 2.09. The maximum Gasteiger partial charge on any atom is 0.126 e. The highest BCUT2D eigenvalue weighted by Crippen LogP contribution is 2.28. The number of aliphatic hydroxyl groups is 1. The maximum atomic E-state index is 8.83. The van der Waals surface area contributed by atoms with Gasteiger partial charge in [-0.25, -0.2) is 0 Å². The molecule has 0 bridgehead atoms. The molecule has 96 valence electrons. The van der Waals surface area contributed by atoms with E-state index in [-0.39, 0.29) is 6.61 Å². The molecule has 0 unspecified atom stereocenters. The van der Waals surface area contributed by atoms with Gasteiger partial charge in [-0.1, -0.05) is 29.8 Å². The van der Waals surface area contributed by atoms with E-state index < -0.39 is 0 Å². The molecule has 0 aliphatic carbocycles. The zero-order chi connectivity index (χ0) is 12.8. The highest BCUT2D eigenvalue weighted by atomic mass is 79.9. The minimum atomic E-state index is 0.0343. The van der Waals surface area contributed by atoms with Gasteiger partial charge in [-0.05, 0) is 24.6 Å². The third-order valence-corrected chi connectivity index (χ3v) is 2.81. The molecule has 0 fully saturated rings. The largest absolute Gasteiger partial charge is 0.491 e. The fourth-order valence-electron chi connectivity index (χ4n) is 1.60. The molecule has 17 heavy (non-hydrogen) atoms. The maximum absolute atomic E-state index is 8.83. The SMILES string of the molecule is Cc1cc(Br)cc(CNC(C)C)c1OCCO. The molecule has 0 saturated carbocycles. The van der Waals surface area contributed by atoms with Crippen molar-refractivity contribution in [1.29, 1.82) is 0 Å². The van der Waals surface area contributed by atoms with E-state index in [0.717, 1.165) is 27.9 Å². The molecule has 0 atom stereocenters. The van der Waals surface area contributed by atoms with Crippen molar-refractivity contribution in [2.75, 3.05) is 13.2 Å². The first-order valence-electron chi connectivity index (χ1n) is 5.80. The summed E-state index contributed by atoms with van der Waals surface area (Å²) in [6.07, 6.45) is 0. The molecule has 1 rings (SSSR count). The molecule has 2 N–H and O–H groups in total. The van der Waals surface area contributed by atoms with Crippen LogP contribution in [0, 0.1) is 6.92 Å². The average Bonchev–Trinajstić information content (AvgIpc) is 2.24. The molecule has 3 nitrogen and oxygen atoms in total. The van der Waals surface area contributed by atoms with Crippen LogP contribution < -0.4 is 10.1 Å². The standard InChI is InChI=1S/C13H20BrNO2/c1-9(2)15-8-11-7-12(14)6-10(3)13(11)17-5-4-16/h6-7,9,15-16H,4-5,8H2,1-3H3. The van der Waals surface area contributed by atoms with Crippen molar-refractivity contribution in [3.63, 3.8) is 0 Å². The van der Waals surface area contributed by atoms with Gasteiger partial charge in [0.15, 0.2) is 0 Å². The van der Waals surface area contributed by atoms with E-state index in [0.29, 0.717) is 12.6 Å². The second-order valence-electron chi connectivity index (χ2n) is 4.32. The molecule has 1 aromatic rings. The van der Waals surface area contributed by atoms with Crippen molar-refractivity contribution in [3.05, 3.63) is 27.7 Å². The summed E-state index contributed by atoms with van der Waals surface area (Å²) >= 11 is 3.49. The quantitative estimate of drug-likeness (QED) is 0.849. The summed E-state index contributed by atoms with van der Waals surface area (Å²) in [6.45, 7) is 7.36. The molecule has 0 aromatic heterocycles. The number of benzene rings is 1. The van der Waals surface area contributed by atoms with E-state index in [1.54, 1.807) is 0 Å². The lowest BCUT2D eigenvalue weighted by atomic mass is 10.1. The fraction of sp³-hybridized carbons (Fsp3) is 0.538. The van der Waals surface area contributed by atoms with E-state index >= 15 is 0 Å². The molecule has 0 aliphatic rings. The summed E-state index contributed by atoms with van der Waals surface area (Å²) in [5.74, 6) is 0.871. The van der Waals surface area contributed by atoms with E-state index in [4.69, 9.17) is 9.84 Å². The van der Waals surface area contributed by atoms with Crippen molar-refractivity contribution in [2.45, 2.75) is 33.4 Å². The van der Waals surface area contributed by atoms with Crippen LogP contribution in [0.2, 0.25) is 0 Å². The Bertz CT molecular complexity index is 367. The van der Waals surface area contributed by atoms with Gasteiger partial charge in [-0.2, -0.15) is 0 Å². The van der Waals surface area contributed by atoms with Gasteiger partial charge in [0, 0.05) is 22.6 Å². The van der Waals surface area contributed by atoms with Crippen LogP contribution in [0.1, 0.15) is 25.0 Å². The number of rotatable bonds is 6. The molecule has 0 aliphatic heterocycles. The lowest BCUT2D eigenvalue weighted by Gasteiger charge is -2.16. The average molecular weight is 302 g/mol.